The van der Waals surface area contributed by atoms with E-state index in [4.69, 9.17) is 0 Å². The monoisotopic (exact) mass is 507 g/mol. The molecule has 0 amide bonds. The topological polar surface area (TPSA) is 17.1 Å². The van der Waals surface area contributed by atoms with E-state index in [9.17, 15) is 4.79 Å². The molecule has 0 N–H and O–H groups in total. The Labute approximate surface area is 229 Å². The van der Waals surface area contributed by atoms with Gasteiger partial charge in [0, 0.05) is 12.8 Å². The molecule has 0 bridgehead atoms. The van der Waals surface area contributed by atoms with E-state index >= 15 is 0 Å². The summed E-state index contributed by atoms with van der Waals surface area (Å²) in [4.78, 5) is 11.5. The first-order chi connectivity index (χ1) is 17.8. The molecule has 216 valence electrons. The molecule has 0 aromatic rings. The first kappa shape index (κ1) is 35.7. The summed E-state index contributed by atoms with van der Waals surface area (Å²) in [7, 11) is 0. The van der Waals surface area contributed by atoms with Crippen LogP contribution in [0.4, 0.5) is 0 Å². The Bertz CT molecular complexity index is 401. The smallest absolute Gasteiger partial charge is 0.132 e. The summed E-state index contributed by atoms with van der Waals surface area (Å²) in [5, 5.41) is 0. The molecule has 1 heteroatoms. The van der Waals surface area contributed by atoms with E-state index < -0.39 is 0 Å². The van der Waals surface area contributed by atoms with Gasteiger partial charge in [0.2, 0.25) is 0 Å². The Kier molecular flexibility index (Phi) is 32.4. The lowest BCUT2D eigenvalue weighted by atomic mass is 10.0. The number of carbonyl (C=O) groups is 1. The molecule has 0 aromatic carbocycles. The van der Waals surface area contributed by atoms with Crippen LogP contribution in [-0.2, 0) is 4.79 Å². The third-order valence-corrected chi connectivity index (χ3v) is 8.09. The second-order valence-electron chi connectivity index (χ2n) is 11.9. The van der Waals surface area contributed by atoms with Crippen LogP contribution in [0.5, 0.6) is 0 Å². The van der Waals surface area contributed by atoms with Crippen LogP contribution in [0.25, 0.3) is 0 Å². The maximum absolute atomic E-state index is 11.5. The molecule has 0 radical (unpaired) electrons. The van der Waals surface area contributed by atoms with Crippen LogP contribution in [0.15, 0.2) is 0 Å². The maximum atomic E-state index is 11.5. The predicted molar refractivity (Wildman–Crippen MR) is 164 cm³/mol. The molecule has 0 aliphatic heterocycles. The van der Waals surface area contributed by atoms with E-state index in [0.29, 0.717) is 5.78 Å². The van der Waals surface area contributed by atoms with Crippen molar-refractivity contribution in [3.8, 4) is 0 Å². The zero-order chi connectivity index (χ0) is 26.2. The molecule has 0 atom stereocenters. The Morgan fingerprint density at radius 2 is 0.500 bits per heavy atom. The number of unbranched alkanes of at least 4 members (excludes halogenated alkanes) is 28. The van der Waals surface area contributed by atoms with Crippen LogP contribution in [0, 0.1) is 0 Å². The van der Waals surface area contributed by atoms with Crippen LogP contribution in [-0.4, -0.2) is 5.78 Å². The van der Waals surface area contributed by atoms with E-state index in [1.807, 2.05) is 0 Å². The van der Waals surface area contributed by atoms with Gasteiger partial charge in [0.15, 0.2) is 0 Å². The van der Waals surface area contributed by atoms with Crippen molar-refractivity contribution in [1.29, 1.82) is 0 Å². The van der Waals surface area contributed by atoms with Crippen LogP contribution in [0.2, 0.25) is 0 Å². The Hall–Kier alpha value is -0.330. The van der Waals surface area contributed by atoms with Crippen molar-refractivity contribution in [1.82, 2.24) is 0 Å². The summed E-state index contributed by atoms with van der Waals surface area (Å²) in [5.74, 6) is 0.475. The molecular formula is C35H70O. The van der Waals surface area contributed by atoms with Crippen molar-refractivity contribution in [3.63, 3.8) is 0 Å². The van der Waals surface area contributed by atoms with Gasteiger partial charge in [0.05, 0.1) is 0 Å². The fourth-order valence-corrected chi connectivity index (χ4v) is 5.57. The Morgan fingerprint density at radius 1 is 0.278 bits per heavy atom. The average Bonchev–Trinajstić information content (AvgIpc) is 2.88. The first-order valence-corrected chi connectivity index (χ1v) is 17.3. The van der Waals surface area contributed by atoms with Gasteiger partial charge in [-0.05, 0) is 12.8 Å². The summed E-state index contributed by atoms with van der Waals surface area (Å²) in [6.07, 6.45) is 44.3. The summed E-state index contributed by atoms with van der Waals surface area (Å²) < 4.78 is 0. The molecule has 0 rings (SSSR count). The van der Waals surface area contributed by atoms with Crippen LogP contribution in [0.3, 0.4) is 0 Å². The largest absolute Gasteiger partial charge is 0.300 e. The van der Waals surface area contributed by atoms with Gasteiger partial charge < -0.3 is 0 Å². The lowest BCUT2D eigenvalue weighted by Crippen LogP contribution is -1.96. The molecule has 0 aromatic heterocycles. The van der Waals surface area contributed by atoms with Crippen molar-refractivity contribution >= 4 is 5.78 Å². The predicted octanol–water partition coefficient (Wildman–Crippen LogP) is 13.1. The Balaban J connectivity index is 3.04. The first-order valence-electron chi connectivity index (χ1n) is 17.3. The highest BCUT2D eigenvalue weighted by molar-refractivity contribution is 5.78. The third-order valence-electron chi connectivity index (χ3n) is 8.09. The number of Topliss-reactive ketones (excluding diaryl/α,β-unsaturated/α-hetero) is 1. The third kappa shape index (κ3) is 31.7. The van der Waals surface area contributed by atoms with Crippen molar-refractivity contribution in [2.45, 2.75) is 219 Å². The highest BCUT2D eigenvalue weighted by Crippen LogP contribution is 2.16. The second-order valence-corrected chi connectivity index (χ2v) is 11.9. The second kappa shape index (κ2) is 32.7. The summed E-state index contributed by atoms with van der Waals surface area (Å²) in [5.41, 5.74) is 0. The summed E-state index contributed by atoms with van der Waals surface area (Å²) >= 11 is 0. The lowest BCUT2D eigenvalue weighted by Gasteiger charge is -2.04. The number of carbonyl (C=O) groups excluding carboxylic acids is 1. The van der Waals surface area contributed by atoms with Gasteiger partial charge in [-0.2, -0.15) is 0 Å². The van der Waals surface area contributed by atoms with Gasteiger partial charge >= 0.3 is 0 Å². The van der Waals surface area contributed by atoms with Crippen molar-refractivity contribution in [2.24, 2.45) is 0 Å². The summed E-state index contributed by atoms with van der Waals surface area (Å²) in [6.45, 7) is 4.40. The van der Waals surface area contributed by atoms with Crippen molar-refractivity contribution in [2.75, 3.05) is 0 Å². The lowest BCUT2D eigenvalue weighted by molar-refractivity contribution is -0.119. The van der Waals surface area contributed by atoms with Gasteiger partial charge in [-0.15, -0.1) is 0 Å². The molecule has 1 nitrogen and oxygen atoms in total. The minimum atomic E-state index is 0.475. The Morgan fingerprint density at radius 3 is 0.722 bits per heavy atom. The van der Waals surface area contributed by atoms with Gasteiger partial charge in [0.1, 0.15) is 5.78 Å². The fraction of sp³-hybridized carbons (Fsp3) is 0.971. The molecule has 0 fully saturated rings. The van der Waals surface area contributed by atoms with E-state index in [1.54, 1.807) is 0 Å². The molecular weight excluding hydrogens is 436 g/mol. The molecule has 0 heterocycles. The highest BCUT2D eigenvalue weighted by Gasteiger charge is 2.00. The van der Waals surface area contributed by atoms with Crippen molar-refractivity contribution < 1.29 is 4.79 Å². The molecule has 0 aliphatic carbocycles. The molecule has 0 unspecified atom stereocenters. The standard InChI is InChI=1S/C35H70O/c1-3-5-6-7-8-9-10-11-12-13-14-15-16-17-18-19-20-21-22-23-24-25-26-27-28-29-30-31-32-34-35(36)33-4-2/h3-34H2,1-2H3. The van der Waals surface area contributed by atoms with Gasteiger partial charge in [-0.1, -0.05) is 194 Å². The minimum absolute atomic E-state index is 0.475. The van der Waals surface area contributed by atoms with Gasteiger partial charge in [-0.25, -0.2) is 0 Å². The zero-order valence-electron chi connectivity index (χ0n) is 25.5. The molecule has 0 spiro atoms. The highest BCUT2D eigenvalue weighted by atomic mass is 16.1. The van der Waals surface area contributed by atoms with E-state index in [1.165, 1.54) is 180 Å². The summed E-state index contributed by atoms with van der Waals surface area (Å²) in [6, 6.07) is 0. The quantitative estimate of drug-likeness (QED) is 0.0829. The molecule has 0 aliphatic rings. The van der Waals surface area contributed by atoms with Crippen LogP contribution < -0.4 is 0 Å². The fourth-order valence-electron chi connectivity index (χ4n) is 5.57. The molecule has 0 saturated carbocycles. The average molecular weight is 507 g/mol. The van der Waals surface area contributed by atoms with E-state index in [-0.39, 0.29) is 0 Å². The zero-order valence-corrected chi connectivity index (χ0v) is 25.5. The number of ketones is 1. The number of hydrogen-bond acceptors (Lipinski definition) is 1. The van der Waals surface area contributed by atoms with Gasteiger partial charge in [0.25, 0.3) is 0 Å². The van der Waals surface area contributed by atoms with Gasteiger partial charge in [-0.3, -0.25) is 4.79 Å². The van der Waals surface area contributed by atoms with Crippen LogP contribution in [0.1, 0.15) is 219 Å². The maximum Gasteiger partial charge on any atom is 0.132 e. The van der Waals surface area contributed by atoms with Crippen LogP contribution >= 0.6 is 0 Å². The van der Waals surface area contributed by atoms with Crippen molar-refractivity contribution in [3.05, 3.63) is 0 Å². The molecule has 36 heavy (non-hydrogen) atoms. The normalized spacial score (nSPS) is 11.4. The van der Waals surface area contributed by atoms with E-state index in [2.05, 4.69) is 13.8 Å². The minimum Gasteiger partial charge on any atom is -0.300 e. The SMILES string of the molecule is CCCCCCCCCCCCCCCCCCCCCCCCCCCCCCCC(=O)CCC. The number of hydrogen-bond donors (Lipinski definition) is 0. The number of rotatable bonds is 32. The molecule has 0 saturated heterocycles. The van der Waals surface area contributed by atoms with E-state index in [0.717, 1.165) is 25.7 Å².